The average Bonchev–Trinajstić information content (AvgIpc) is 3.23. The van der Waals surface area contributed by atoms with Crippen LogP contribution in [0.4, 0.5) is 0 Å². The van der Waals surface area contributed by atoms with E-state index in [9.17, 15) is 4.79 Å². The standard InChI is InChI=1S/C25H23ClN2O4/c1-17(2)32-23-11-9-20(10-12-23)25(15-30-24(27-25)28-31-16-29)21-7-3-5-18(13-21)19-6-4-8-22(26)14-19/h3-14,16-17H,15H2,1-2H3,(H,27,28). The number of halogens is 1. The molecule has 0 fully saturated rings. The number of amidine groups is 1. The molecule has 4 rings (SSSR count). The van der Waals surface area contributed by atoms with Crippen LogP contribution in [0.5, 0.6) is 5.75 Å². The number of ether oxygens (including phenoxy) is 2. The van der Waals surface area contributed by atoms with E-state index >= 15 is 0 Å². The van der Waals surface area contributed by atoms with Crippen molar-refractivity contribution in [2.24, 2.45) is 4.99 Å². The van der Waals surface area contributed by atoms with Crippen molar-refractivity contribution in [3.05, 3.63) is 88.9 Å². The summed E-state index contributed by atoms with van der Waals surface area (Å²) in [4.78, 5) is 20.0. The lowest BCUT2D eigenvalue weighted by Gasteiger charge is -2.26. The highest BCUT2D eigenvalue weighted by Gasteiger charge is 2.41. The molecule has 6 nitrogen and oxygen atoms in total. The Hall–Kier alpha value is -3.51. The van der Waals surface area contributed by atoms with Crippen molar-refractivity contribution >= 4 is 24.1 Å². The van der Waals surface area contributed by atoms with Crippen LogP contribution in [0.3, 0.4) is 0 Å². The summed E-state index contributed by atoms with van der Waals surface area (Å²) < 4.78 is 11.5. The maximum atomic E-state index is 10.6. The number of hydroxylamine groups is 1. The van der Waals surface area contributed by atoms with Crippen molar-refractivity contribution in [2.75, 3.05) is 6.61 Å². The van der Waals surface area contributed by atoms with Crippen molar-refractivity contribution in [2.45, 2.75) is 25.5 Å². The van der Waals surface area contributed by atoms with Crippen LogP contribution in [0.1, 0.15) is 25.0 Å². The van der Waals surface area contributed by atoms with Crippen molar-refractivity contribution in [3.63, 3.8) is 0 Å². The van der Waals surface area contributed by atoms with Gasteiger partial charge in [0.05, 0.1) is 6.10 Å². The SMILES string of the molecule is CC(C)Oc1ccc(C2(c3cccc(-c4cccc(Cl)c4)c3)COC(NOC=O)=N2)cc1. The van der Waals surface area contributed by atoms with Crippen LogP contribution < -0.4 is 10.2 Å². The number of hydrogen-bond acceptors (Lipinski definition) is 6. The molecule has 0 bridgehead atoms. The zero-order valence-corrected chi connectivity index (χ0v) is 18.5. The van der Waals surface area contributed by atoms with E-state index in [2.05, 4.69) is 16.4 Å². The van der Waals surface area contributed by atoms with E-state index in [-0.39, 0.29) is 25.2 Å². The first-order valence-electron chi connectivity index (χ1n) is 10.2. The van der Waals surface area contributed by atoms with Crippen molar-refractivity contribution in [3.8, 4) is 16.9 Å². The molecule has 164 valence electrons. The molecule has 0 radical (unpaired) electrons. The zero-order chi connectivity index (χ0) is 22.6. The van der Waals surface area contributed by atoms with E-state index in [0.29, 0.717) is 5.02 Å². The molecule has 0 amide bonds. The molecule has 3 aromatic rings. The predicted molar refractivity (Wildman–Crippen MR) is 124 cm³/mol. The highest BCUT2D eigenvalue weighted by Crippen LogP contribution is 2.40. The highest BCUT2D eigenvalue weighted by atomic mass is 35.5. The van der Waals surface area contributed by atoms with Crippen molar-refractivity contribution < 1.29 is 19.1 Å². The Labute approximate surface area is 191 Å². The maximum absolute atomic E-state index is 10.6. The fraction of sp³-hybridized carbons (Fsp3) is 0.200. The number of carbonyl (C=O) groups excluding carboxylic acids is 1. The van der Waals surface area contributed by atoms with Crippen molar-refractivity contribution in [1.29, 1.82) is 0 Å². The first-order valence-corrected chi connectivity index (χ1v) is 10.6. The van der Waals surface area contributed by atoms with Gasteiger partial charge in [-0.25, -0.2) is 4.99 Å². The third kappa shape index (κ3) is 4.55. The summed E-state index contributed by atoms with van der Waals surface area (Å²) in [5, 5.41) is 0.670. The molecule has 1 heterocycles. The number of aliphatic imine (C=N–C) groups is 1. The molecule has 7 heteroatoms. The average molecular weight is 451 g/mol. The third-order valence-electron chi connectivity index (χ3n) is 5.11. The maximum Gasteiger partial charge on any atom is 0.320 e. The minimum atomic E-state index is -0.834. The molecule has 1 aliphatic rings. The number of carbonyl (C=O) groups is 1. The highest BCUT2D eigenvalue weighted by molar-refractivity contribution is 6.30. The molecule has 0 spiro atoms. The van der Waals surface area contributed by atoms with Gasteiger partial charge in [0.25, 0.3) is 0 Å². The molecule has 0 saturated carbocycles. The molecule has 1 aliphatic heterocycles. The lowest BCUT2D eigenvalue weighted by atomic mass is 9.83. The molecule has 1 atom stereocenters. The summed E-state index contributed by atoms with van der Waals surface area (Å²) in [6.07, 6.45) is 0.0771. The summed E-state index contributed by atoms with van der Waals surface area (Å²) in [5.41, 5.74) is 5.45. The molecule has 3 aromatic carbocycles. The Morgan fingerprint density at radius 3 is 2.44 bits per heavy atom. The monoisotopic (exact) mass is 450 g/mol. The van der Waals surface area contributed by atoms with Gasteiger partial charge in [-0.3, -0.25) is 4.79 Å². The summed E-state index contributed by atoms with van der Waals surface area (Å²) >= 11 is 6.20. The summed E-state index contributed by atoms with van der Waals surface area (Å²) in [7, 11) is 0. The van der Waals surface area contributed by atoms with E-state index in [4.69, 9.17) is 26.1 Å². The fourth-order valence-electron chi connectivity index (χ4n) is 3.71. The van der Waals surface area contributed by atoms with E-state index in [1.807, 2.05) is 80.6 Å². The fourth-order valence-corrected chi connectivity index (χ4v) is 3.90. The minimum absolute atomic E-state index is 0.0771. The number of nitrogens with one attached hydrogen (secondary N) is 1. The number of rotatable bonds is 7. The summed E-state index contributed by atoms with van der Waals surface area (Å²) in [5.74, 6) is 0.775. The van der Waals surface area contributed by atoms with Crippen LogP contribution in [0.2, 0.25) is 5.02 Å². The second kappa shape index (κ2) is 9.32. The largest absolute Gasteiger partial charge is 0.491 e. The third-order valence-corrected chi connectivity index (χ3v) is 5.34. The molecule has 0 aliphatic carbocycles. The van der Waals surface area contributed by atoms with Gasteiger partial charge in [0.1, 0.15) is 12.4 Å². The van der Waals surface area contributed by atoms with E-state index in [1.54, 1.807) is 0 Å². The molecule has 0 saturated heterocycles. The van der Waals surface area contributed by atoms with Gasteiger partial charge in [-0.1, -0.05) is 54.1 Å². The number of hydrogen-bond donors (Lipinski definition) is 1. The number of nitrogens with zero attached hydrogens (tertiary/aromatic N) is 1. The first-order chi connectivity index (χ1) is 15.5. The molecule has 0 aromatic heterocycles. The Bertz CT molecular complexity index is 1130. The predicted octanol–water partition coefficient (Wildman–Crippen LogP) is 5.10. The van der Waals surface area contributed by atoms with Crippen LogP contribution in [-0.4, -0.2) is 25.2 Å². The Morgan fingerprint density at radius 1 is 1.03 bits per heavy atom. The zero-order valence-electron chi connectivity index (χ0n) is 17.7. The second-order valence-electron chi connectivity index (χ2n) is 7.66. The van der Waals surface area contributed by atoms with E-state index in [0.717, 1.165) is 28.0 Å². The van der Waals surface area contributed by atoms with Gasteiger partial charge < -0.3 is 14.3 Å². The van der Waals surface area contributed by atoms with Gasteiger partial charge in [-0.15, -0.1) is 0 Å². The van der Waals surface area contributed by atoms with Crippen molar-refractivity contribution in [1.82, 2.24) is 5.48 Å². The topological polar surface area (TPSA) is 69.2 Å². The molecular formula is C25H23ClN2O4. The van der Waals surface area contributed by atoms with Crippen LogP contribution >= 0.6 is 11.6 Å². The Kier molecular flexibility index (Phi) is 6.32. The number of benzene rings is 3. The molecular weight excluding hydrogens is 428 g/mol. The minimum Gasteiger partial charge on any atom is -0.491 e. The Morgan fingerprint density at radius 2 is 1.75 bits per heavy atom. The van der Waals surface area contributed by atoms with Gasteiger partial charge in [0.2, 0.25) is 0 Å². The Balaban J connectivity index is 1.78. The van der Waals surface area contributed by atoms with Gasteiger partial charge >= 0.3 is 12.5 Å². The molecule has 1 N–H and O–H groups in total. The quantitative estimate of drug-likeness (QED) is 0.400. The second-order valence-corrected chi connectivity index (χ2v) is 8.10. The van der Waals surface area contributed by atoms with E-state index < -0.39 is 5.54 Å². The smallest absolute Gasteiger partial charge is 0.320 e. The van der Waals surface area contributed by atoms with Crippen LogP contribution in [-0.2, 0) is 19.9 Å². The van der Waals surface area contributed by atoms with Gasteiger partial charge in [-0.05, 0) is 66.4 Å². The summed E-state index contributed by atoms with van der Waals surface area (Å²) in [6, 6.07) is 23.7. The first kappa shape index (κ1) is 21.7. The van der Waals surface area contributed by atoms with Gasteiger partial charge in [-0.2, -0.15) is 5.48 Å². The molecule has 1 unspecified atom stereocenters. The lowest BCUT2D eigenvalue weighted by molar-refractivity contribution is -0.132. The van der Waals surface area contributed by atoms with Crippen LogP contribution in [0.15, 0.2) is 77.8 Å². The summed E-state index contributed by atoms with van der Waals surface area (Å²) in [6.45, 7) is 4.48. The van der Waals surface area contributed by atoms with Gasteiger partial charge in [0.15, 0.2) is 5.54 Å². The van der Waals surface area contributed by atoms with Crippen LogP contribution in [0, 0.1) is 0 Å². The lowest BCUT2D eigenvalue weighted by Crippen LogP contribution is -2.27. The normalized spacial score (nSPS) is 17.4. The molecule has 32 heavy (non-hydrogen) atoms. The van der Waals surface area contributed by atoms with Gasteiger partial charge in [0, 0.05) is 5.02 Å². The van der Waals surface area contributed by atoms with E-state index in [1.165, 1.54) is 0 Å². The van der Waals surface area contributed by atoms with Crippen LogP contribution in [0.25, 0.3) is 11.1 Å².